The van der Waals surface area contributed by atoms with Gasteiger partial charge in [-0.2, -0.15) is 59.5 Å². The highest BCUT2D eigenvalue weighted by Crippen LogP contribution is 2.67. The van der Waals surface area contributed by atoms with Crippen LogP contribution in [0.4, 0.5) is 37.0 Å². The second-order valence-electron chi connectivity index (χ2n) is 10.3. The molecule has 6 aromatic heterocycles. The molecule has 0 bridgehead atoms. The summed E-state index contributed by atoms with van der Waals surface area (Å²) < 4.78 is 96.4. The van der Waals surface area contributed by atoms with Crippen molar-refractivity contribution in [3.8, 4) is 51.2 Å². The number of alkyl halides is 6. The number of hydrogen-bond acceptors (Lipinski definition) is 8. The van der Waals surface area contributed by atoms with E-state index in [1.165, 1.54) is 53.2 Å². The summed E-state index contributed by atoms with van der Waals surface area (Å²) in [5.41, 5.74) is -3.67. The Balaban J connectivity index is 1.58. The summed E-state index contributed by atoms with van der Waals surface area (Å²) in [7, 11) is 0. The van der Waals surface area contributed by atoms with E-state index in [1.807, 2.05) is 12.1 Å². The number of halogens is 6. The van der Waals surface area contributed by atoms with E-state index in [0.717, 1.165) is 74.1 Å². The molecular formula is C33H10F6N4S6. The third-order valence-corrected chi connectivity index (χ3v) is 14.3. The van der Waals surface area contributed by atoms with Crippen LogP contribution in [0.2, 0.25) is 0 Å². The molecule has 0 N–H and O–H groups in total. The molecule has 4 nitrogen and oxygen atoms in total. The first-order chi connectivity index (χ1) is 23.3. The van der Waals surface area contributed by atoms with Crippen molar-refractivity contribution in [1.82, 2.24) is 0 Å². The highest BCUT2D eigenvalue weighted by molar-refractivity contribution is 7.28. The van der Waals surface area contributed by atoms with Crippen LogP contribution in [-0.2, 0) is 0 Å². The number of rotatable bonds is 6. The Kier molecular flexibility index (Phi) is 7.96. The van der Waals surface area contributed by atoms with E-state index in [2.05, 4.69) is 9.69 Å². The number of nitrogens with zero attached hydrogens (tertiary/aromatic N) is 4. The minimum Gasteiger partial charge on any atom is -0.237 e. The molecule has 0 saturated carbocycles. The molecule has 49 heavy (non-hydrogen) atoms. The van der Waals surface area contributed by atoms with Crippen molar-refractivity contribution in [1.29, 1.82) is 10.5 Å². The fourth-order valence-corrected chi connectivity index (χ4v) is 11.3. The number of allylic oxidation sites excluding steroid dienone is 2. The lowest BCUT2D eigenvalue weighted by atomic mass is 9.94. The summed E-state index contributed by atoms with van der Waals surface area (Å²) >= 11 is 5.82. The van der Waals surface area contributed by atoms with Crippen molar-refractivity contribution >= 4 is 89.9 Å². The SMILES string of the molecule is [C-]#[N+]c1csc(-c2cc(C3=C(c4cc(-c5cc(C#N)cs5)sc4-c4ccc([N+]#[C-])s4)C(F)(F)C(F)(F)C3(F)F)c(-c3ccc(C#N)s3)s2)c1. The molecule has 6 heterocycles. The van der Waals surface area contributed by atoms with Gasteiger partial charge in [0.05, 0.1) is 28.5 Å². The topological polar surface area (TPSA) is 56.3 Å². The van der Waals surface area contributed by atoms with Crippen LogP contribution >= 0.6 is 68.0 Å². The quantitative estimate of drug-likeness (QED) is 0.125. The Bertz CT molecular complexity index is 2340. The fourth-order valence-electron chi connectivity index (χ4n) is 5.26. The zero-order chi connectivity index (χ0) is 34.9. The molecule has 6 aromatic rings. The van der Waals surface area contributed by atoms with Crippen molar-refractivity contribution < 1.29 is 26.3 Å². The van der Waals surface area contributed by atoms with Gasteiger partial charge in [-0.15, -0.1) is 45.3 Å². The van der Waals surface area contributed by atoms with E-state index in [-0.39, 0.29) is 50.4 Å². The second-order valence-corrected chi connectivity index (χ2v) is 16.4. The molecule has 1 aliphatic carbocycles. The molecule has 0 fully saturated rings. The van der Waals surface area contributed by atoms with E-state index in [0.29, 0.717) is 9.75 Å². The van der Waals surface area contributed by atoms with Crippen LogP contribution in [0.25, 0.3) is 59.9 Å². The Morgan fingerprint density at radius 1 is 0.592 bits per heavy atom. The molecule has 240 valence electrons. The zero-order valence-corrected chi connectivity index (χ0v) is 28.7. The summed E-state index contributed by atoms with van der Waals surface area (Å²) in [6, 6.07) is 15.0. The summed E-state index contributed by atoms with van der Waals surface area (Å²) in [4.78, 5) is 8.80. The van der Waals surface area contributed by atoms with Crippen molar-refractivity contribution in [2.45, 2.75) is 17.8 Å². The fraction of sp³-hybridized carbons (Fsp3) is 0.0909. The molecule has 0 aliphatic heterocycles. The van der Waals surface area contributed by atoms with Crippen molar-refractivity contribution in [2.24, 2.45) is 0 Å². The second kappa shape index (κ2) is 11.8. The van der Waals surface area contributed by atoms with Gasteiger partial charge in [-0.05, 0) is 47.8 Å². The number of hydrogen-bond donors (Lipinski definition) is 0. The lowest BCUT2D eigenvalue weighted by Crippen LogP contribution is -2.48. The van der Waals surface area contributed by atoms with Gasteiger partial charge in [0.2, 0.25) is 5.00 Å². The summed E-state index contributed by atoms with van der Waals surface area (Å²) in [6.45, 7) is 14.7. The van der Waals surface area contributed by atoms with Gasteiger partial charge in [-0.3, -0.25) is 0 Å². The Morgan fingerprint density at radius 2 is 1.16 bits per heavy atom. The minimum absolute atomic E-state index is 0.0117. The summed E-state index contributed by atoms with van der Waals surface area (Å²) in [6.07, 6.45) is 0. The maximum atomic E-state index is 16.3. The van der Waals surface area contributed by atoms with E-state index in [1.54, 1.807) is 0 Å². The van der Waals surface area contributed by atoms with Crippen molar-refractivity contribution in [3.63, 3.8) is 0 Å². The first-order valence-corrected chi connectivity index (χ1v) is 18.5. The third-order valence-electron chi connectivity index (χ3n) is 7.46. The molecule has 0 spiro atoms. The van der Waals surface area contributed by atoms with Gasteiger partial charge in [0.25, 0.3) is 0 Å². The molecule has 7 rings (SSSR count). The zero-order valence-electron chi connectivity index (χ0n) is 23.8. The van der Waals surface area contributed by atoms with Gasteiger partial charge in [0.1, 0.15) is 17.0 Å². The van der Waals surface area contributed by atoms with E-state index in [4.69, 9.17) is 13.1 Å². The monoisotopic (exact) mass is 768 g/mol. The maximum Gasteiger partial charge on any atom is 0.380 e. The highest BCUT2D eigenvalue weighted by Gasteiger charge is 2.80. The lowest BCUT2D eigenvalue weighted by molar-refractivity contribution is -0.254. The van der Waals surface area contributed by atoms with Crippen LogP contribution in [0, 0.1) is 35.8 Å². The predicted molar refractivity (Wildman–Crippen MR) is 185 cm³/mol. The maximum absolute atomic E-state index is 16.3. The molecule has 0 atom stereocenters. The standard InChI is InChI=1S/C33H10F6N4S6/c1-42-16-8-23(45-14-16)25-10-18(29(49-25)20-4-3-17(12-41)46-20)27-28(32(36,37)33(38,39)31(27,34)35)19-9-24(22-7-15(11-40)13-44-22)48-30(19)21-5-6-26(43-2)47-21/h3-10,13-14H. The Labute approximate surface area is 297 Å². The Morgan fingerprint density at radius 3 is 1.65 bits per heavy atom. The average Bonchev–Trinajstić information content (AvgIpc) is 3.92. The molecule has 0 radical (unpaired) electrons. The summed E-state index contributed by atoms with van der Waals surface area (Å²) in [5, 5.41) is 22.0. The first kappa shape index (κ1) is 33.0. The van der Waals surface area contributed by atoms with Gasteiger partial charge in [0.15, 0.2) is 5.69 Å². The summed E-state index contributed by atoms with van der Waals surface area (Å²) in [5.74, 6) is -16.6. The van der Waals surface area contributed by atoms with Crippen LogP contribution in [-0.4, -0.2) is 17.8 Å². The number of thiophene rings is 6. The largest absolute Gasteiger partial charge is 0.380 e. The van der Waals surface area contributed by atoms with Crippen LogP contribution < -0.4 is 0 Å². The van der Waals surface area contributed by atoms with Crippen LogP contribution in [0.1, 0.15) is 21.6 Å². The van der Waals surface area contributed by atoms with Gasteiger partial charge < -0.3 is 0 Å². The third kappa shape index (κ3) is 5.07. The van der Waals surface area contributed by atoms with Gasteiger partial charge in [-0.1, -0.05) is 6.07 Å². The molecule has 1 aliphatic rings. The Hall–Kier alpha value is -4.52. The van der Waals surface area contributed by atoms with Gasteiger partial charge >= 0.3 is 17.8 Å². The van der Waals surface area contributed by atoms with E-state index >= 15 is 26.3 Å². The van der Waals surface area contributed by atoms with Crippen molar-refractivity contribution in [3.05, 3.63) is 104 Å². The van der Waals surface area contributed by atoms with Crippen LogP contribution in [0.3, 0.4) is 0 Å². The molecule has 0 saturated heterocycles. The smallest absolute Gasteiger partial charge is 0.237 e. The normalized spacial score (nSPS) is 15.9. The van der Waals surface area contributed by atoms with E-state index in [9.17, 15) is 10.5 Å². The number of nitriles is 2. The highest BCUT2D eigenvalue weighted by atomic mass is 32.1. The lowest BCUT2D eigenvalue weighted by Gasteiger charge is -2.25. The molecule has 0 aromatic carbocycles. The molecular weight excluding hydrogens is 759 g/mol. The van der Waals surface area contributed by atoms with Crippen LogP contribution in [0.5, 0.6) is 0 Å². The average molecular weight is 769 g/mol. The van der Waals surface area contributed by atoms with Gasteiger partial charge in [0, 0.05) is 56.9 Å². The molecule has 16 heteroatoms. The predicted octanol–water partition coefficient (Wildman–Crippen LogP) is 13.4. The van der Waals surface area contributed by atoms with Crippen molar-refractivity contribution in [2.75, 3.05) is 0 Å². The first-order valence-electron chi connectivity index (χ1n) is 13.4. The van der Waals surface area contributed by atoms with E-state index < -0.39 is 40.0 Å². The van der Waals surface area contributed by atoms with Crippen LogP contribution in [0.15, 0.2) is 59.3 Å². The molecule has 0 unspecified atom stereocenters. The molecule has 0 amide bonds. The minimum atomic E-state index is -5.84. The van der Waals surface area contributed by atoms with Gasteiger partial charge in [-0.25, -0.2) is 9.69 Å².